The molecule has 92 valence electrons. The molecule has 2 rings (SSSR count). The average molecular weight is 242 g/mol. The van der Waals surface area contributed by atoms with Crippen molar-refractivity contribution in [3.63, 3.8) is 0 Å². The number of phenolic OH excluding ortho intramolecular Hbond substituents is 1. The minimum absolute atomic E-state index is 0.00847. The van der Waals surface area contributed by atoms with E-state index in [1.54, 1.807) is 19.2 Å². The Morgan fingerprint density at radius 2 is 1.83 bits per heavy atom. The molecule has 2 aromatic carbocycles. The van der Waals surface area contributed by atoms with Gasteiger partial charge in [0.15, 0.2) is 5.78 Å². The van der Waals surface area contributed by atoms with Gasteiger partial charge in [0.2, 0.25) is 0 Å². The van der Waals surface area contributed by atoms with Gasteiger partial charge in [0, 0.05) is 0 Å². The summed E-state index contributed by atoms with van der Waals surface area (Å²) >= 11 is 0. The Morgan fingerprint density at radius 1 is 1.11 bits per heavy atom. The van der Waals surface area contributed by atoms with E-state index in [9.17, 15) is 9.90 Å². The molecule has 0 amide bonds. The monoisotopic (exact) mass is 242 g/mol. The van der Waals surface area contributed by atoms with E-state index in [4.69, 9.17) is 4.74 Å². The largest absolute Gasteiger partial charge is 0.507 e. The molecule has 0 saturated heterocycles. The Labute approximate surface area is 106 Å². The molecule has 0 saturated carbocycles. The van der Waals surface area contributed by atoms with Crippen molar-refractivity contribution in [2.24, 2.45) is 0 Å². The SMILES string of the molecule is COc1cccc(-c2ccc(O)c(C(C)=O)c2)c1. The van der Waals surface area contributed by atoms with Gasteiger partial charge in [0.05, 0.1) is 12.7 Å². The number of aromatic hydroxyl groups is 1. The third-order valence-corrected chi connectivity index (χ3v) is 2.78. The summed E-state index contributed by atoms with van der Waals surface area (Å²) in [4.78, 5) is 11.4. The predicted octanol–water partition coefficient (Wildman–Crippen LogP) is 3.27. The molecule has 0 aliphatic heterocycles. The van der Waals surface area contributed by atoms with E-state index in [1.165, 1.54) is 13.0 Å². The number of ketones is 1. The Bertz CT molecular complexity index is 588. The fourth-order valence-electron chi connectivity index (χ4n) is 1.80. The van der Waals surface area contributed by atoms with Crippen LogP contribution in [0.2, 0.25) is 0 Å². The van der Waals surface area contributed by atoms with E-state index in [2.05, 4.69) is 0 Å². The van der Waals surface area contributed by atoms with Gasteiger partial charge in [-0.15, -0.1) is 0 Å². The molecular formula is C15H14O3. The maximum Gasteiger partial charge on any atom is 0.163 e. The fourth-order valence-corrected chi connectivity index (χ4v) is 1.80. The number of carbonyl (C=O) groups is 1. The van der Waals surface area contributed by atoms with Gasteiger partial charge in [-0.2, -0.15) is 0 Å². The van der Waals surface area contributed by atoms with Crippen molar-refractivity contribution in [3.8, 4) is 22.6 Å². The van der Waals surface area contributed by atoms with Gasteiger partial charge in [-0.25, -0.2) is 0 Å². The molecule has 3 heteroatoms. The maximum atomic E-state index is 11.4. The molecule has 0 aliphatic carbocycles. The summed E-state index contributed by atoms with van der Waals surface area (Å²) in [6.07, 6.45) is 0. The lowest BCUT2D eigenvalue weighted by Crippen LogP contribution is -1.93. The van der Waals surface area contributed by atoms with Crippen molar-refractivity contribution >= 4 is 5.78 Å². The second kappa shape index (κ2) is 4.92. The lowest BCUT2D eigenvalue weighted by Gasteiger charge is -2.07. The van der Waals surface area contributed by atoms with Crippen LogP contribution in [0.1, 0.15) is 17.3 Å². The number of phenols is 1. The summed E-state index contributed by atoms with van der Waals surface area (Å²) < 4.78 is 5.16. The fraction of sp³-hybridized carbons (Fsp3) is 0.133. The first kappa shape index (κ1) is 12.2. The summed E-state index contributed by atoms with van der Waals surface area (Å²) in [5.74, 6) is 0.608. The highest BCUT2D eigenvalue weighted by atomic mass is 16.5. The summed E-state index contributed by atoms with van der Waals surface area (Å²) in [6.45, 7) is 1.43. The molecule has 0 heterocycles. The maximum absolute atomic E-state index is 11.4. The van der Waals surface area contributed by atoms with E-state index in [1.807, 2.05) is 24.3 Å². The Balaban J connectivity index is 2.50. The highest BCUT2D eigenvalue weighted by molar-refractivity contribution is 5.98. The molecule has 0 spiro atoms. The smallest absolute Gasteiger partial charge is 0.163 e. The van der Waals surface area contributed by atoms with Gasteiger partial charge in [-0.1, -0.05) is 18.2 Å². The van der Waals surface area contributed by atoms with Crippen LogP contribution in [0.15, 0.2) is 42.5 Å². The van der Waals surface area contributed by atoms with E-state index >= 15 is 0 Å². The van der Waals surface area contributed by atoms with Crippen LogP contribution in [-0.2, 0) is 0 Å². The van der Waals surface area contributed by atoms with E-state index in [-0.39, 0.29) is 11.5 Å². The lowest BCUT2D eigenvalue weighted by molar-refractivity contribution is 0.101. The second-order valence-corrected chi connectivity index (χ2v) is 4.02. The van der Waals surface area contributed by atoms with Crippen molar-refractivity contribution < 1.29 is 14.6 Å². The third-order valence-electron chi connectivity index (χ3n) is 2.78. The third kappa shape index (κ3) is 2.35. The van der Waals surface area contributed by atoms with Crippen molar-refractivity contribution in [2.45, 2.75) is 6.92 Å². The number of benzene rings is 2. The highest BCUT2D eigenvalue weighted by Gasteiger charge is 2.08. The number of Topliss-reactive ketones (excluding diaryl/α,β-unsaturated/α-hetero) is 1. The van der Waals surface area contributed by atoms with Crippen molar-refractivity contribution in [1.82, 2.24) is 0 Å². The first-order chi connectivity index (χ1) is 8.61. The second-order valence-electron chi connectivity index (χ2n) is 4.02. The first-order valence-electron chi connectivity index (χ1n) is 5.60. The summed E-state index contributed by atoms with van der Waals surface area (Å²) in [6, 6.07) is 12.5. The zero-order valence-corrected chi connectivity index (χ0v) is 10.3. The molecule has 0 radical (unpaired) electrons. The molecule has 0 fully saturated rings. The standard InChI is InChI=1S/C15H14O3/c1-10(16)14-9-12(6-7-15(14)17)11-4-3-5-13(8-11)18-2/h3-9,17H,1-2H3. The molecule has 2 aromatic rings. The quantitative estimate of drug-likeness (QED) is 0.840. The van der Waals surface area contributed by atoms with Gasteiger partial charge in [0.1, 0.15) is 11.5 Å². The van der Waals surface area contributed by atoms with Crippen LogP contribution >= 0.6 is 0 Å². The number of carbonyl (C=O) groups excluding carboxylic acids is 1. The number of ether oxygens (including phenoxy) is 1. The zero-order chi connectivity index (χ0) is 13.1. The summed E-state index contributed by atoms with van der Waals surface area (Å²) in [7, 11) is 1.61. The molecule has 18 heavy (non-hydrogen) atoms. The van der Waals surface area contributed by atoms with E-state index < -0.39 is 0 Å². The van der Waals surface area contributed by atoms with Gasteiger partial charge in [-0.05, 0) is 42.3 Å². The number of rotatable bonds is 3. The Hall–Kier alpha value is -2.29. The Morgan fingerprint density at radius 3 is 2.50 bits per heavy atom. The van der Waals surface area contributed by atoms with Crippen molar-refractivity contribution in [3.05, 3.63) is 48.0 Å². The van der Waals surface area contributed by atoms with Crippen molar-refractivity contribution in [1.29, 1.82) is 0 Å². The molecule has 3 nitrogen and oxygen atoms in total. The summed E-state index contributed by atoms with van der Waals surface area (Å²) in [5.41, 5.74) is 2.14. The minimum atomic E-state index is -0.155. The van der Waals surface area contributed by atoms with Crippen LogP contribution < -0.4 is 4.74 Å². The van der Waals surface area contributed by atoms with Crippen LogP contribution in [-0.4, -0.2) is 18.0 Å². The number of hydrogen-bond acceptors (Lipinski definition) is 3. The summed E-state index contributed by atoms with van der Waals surface area (Å²) in [5, 5.41) is 9.61. The van der Waals surface area contributed by atoms with Crippen LogP contribution in [0.4, 0.5) is 0 Å². The molecule has 0 atom stereocenters. The molecule has 0 aromatic heterocycles. The predicted molar refractivity (Wildman–Crippen MR) is 70.1 cm³/mol. The molecular weight excluding hydrogens is 228 g/mol. The first-order valence-corrected chi connectivity index (χ1v) is 5.60. The van der Waals surface area contributed by atoms with Crippen LogP contribution in [0, 0.1) is 0 Å². The normalized spacial score (nSPS) is 10.1. The topological polar surface area (TPSA) is 46.5 Å². The van der Waals surface area contributed by atoms with Gasteiger partial charge >= 0.3 is 0 Å². The number of methoxy groups -OCH3 is 1. The molecule has 1 N–H and O–H groups in total. The van der Waals surface area contributed by atoms with Crippen LogP contribution in [0.5, 0.6) is 11.5 Å². The van der Waals surface area contributed by atoms with E-state index in [0.29, 0.717) is 5.56 Å². The highest BCUT2D eigenvalue weighted by Crippen LogP contribution is 2.28. The lowest BCUT2D eigenvalue weighted by atomic mass is 10.0. The minimum Gasteiger partial charge on any atom is -0.507 e. The molecule has 0 unspecified atom stereocenters. The zero-order valence-electron chi connectivity index (χ0n) is 10.3. The Kier molecular flexibility index (Phi) is 3.33. The van der Waals surface area contributed by atoms with Crippen LogP contribution in [0.3, 0.4) is 0 Å². The average Bonchev–Trinajstić information content (AvgIpc) is 2.39. The van der Waals surface area contributed by atoms with Gasteiger partial charge in [0.25, 0.3) is 0 Å². The number of hydrogen-bond donors (Lipinski definition) is 1. The van der Waals surface area contributed by atoms with Gasteiger partial charge in [-0.3, -0.25) is 4.79 Å². The van der Waals surface area contributed by atoms with Crippen LogP contribution in [0.25, 0.3) is 11.1 Å². The molecule has 0 aliphatic rings. The van der Waals surface area contributed by atoms with Gasteiger partial charge < -0.3 is 9.84 Å². The molecule has 0 bridgehead atoms. The van der Waals surface area contributed by atoms with E-state index in [0.717, 1.165) is 16.9 Å². The van der Waals surface area contributed by atoms with Crippen molar-refractivity contribution in [2.75, 3.05) is 7.11 Å².